The molecular formula is C31H42N4O5. The second-order valence-electron chi connectivity index (χ2n) is 11.2. The summed E-state index contributed by atoms with van der Waals surface area (Å²) in [7, 11) is 0. The molecule has 3 aromatic rings. The molecule has 3 heterocycles. The summed E-state index contributed by atoms with van der Waals surface area (Å²) in [6.07, 6.45) is 6.30. The molecule has 216 valence electrons. The number of hydrogen-bond donors (Lipinski definition) is 1. The molecule has 9 heteroatoms. The number of nitrogens with one attached hydrogen (secondary N) is 1. The summed E-state index contributed by atoms with van der Waals surface area (Å²) in [6.45, 7) is 9.31. The van der Waals surface area contributed by atoms with Crippen LogP contribution in [0.25, 0.3) is 10.9 Å². The van der Waals surface area contributed by atoms with E-state index in [1.165, 1.54) is 0 Å². The maximum atomic E-state index is 13.4. The van der Waals surface area contributed by atoms with Crippen LogP contribution in [0.3, 0.4) is 0 Å². The summed E-state index contributed by atoms with van der Waals surface area (Å²) in [5.41, 5.74) is 1.18. The maximum Gasteiger partial charge on any atom is 0.508 e. The Bertz CT molecular complexity index is 1250. The molecule has 2 aromatic heterocycles. The topological polar surface area (TPSA) is 97.0 Å². The molecule has 1 saturated heterocycles. The summed E-state index contributed by atoms with van der Waals surface area (Å²) >= 11 is 0. The minimum absolute atomic E-state index is 0.145. The number of fused-ring (bicyclic) bond motifs is 1. The van der Waals surface area contributed by atoms with Gasteiger partial charge in [0, 0.05) is 30.6 Å². The van der Waals surface area contributed by atoms with E-state index in [-0.39, 0.29) is 12.6 Å². The molecule has 0 bridgehead atoms. The highest BCUT2D eigenvalue weighted by molar-refractivity contribution is 5.99. The van der Waals surface area contributed by atoms with Gasteiger partial charge in [-0.3, -0.25) is 4.90 Å². The Labute approximate surface area is 236 Å². The third-order valence-corrected chi connectivity index (χ3v) is 6.87. The first-order valence-electron chi connectivity index (χ1n) is 14.3. The molecule has 4 rings (SSSR count). The van der Waals surface area contributed by atoms with E-state index in [9.17, 15) is 9.59 Å². The molecule has 1 amide bonds. The van der Waals surface area contributed by atoms with Crippen molar-refractivity contribution in [2.24, 2.45) is 0 Å². The number of H-pyrrole nitrogens is 1. The molecule has 0 spiro atoms. The number of anilines is 2. The van der Waals surface area contributed by atoms with Crippen LogP contribution in [-0.4, -0.2) is 53.6 Å². The van der Waals surface area contributed by atoms with Gasteiger partial charge in [0.2, 0.25) is 0 Å². The van der Waals surface area contributed by atoms with E-state index >= 15 is 0 Å². The lowest BCUT2D eigenvalue weighted by Gasteiger charge is -2.37. The number of pyridine rings is 1. The number of carbonyl (C=O) groups is 2. The van der Waals surface area contributed by atoms with Crippen molar-refractivity contribution < 1.29 is 23.8 Å². The molecule has 40 heavy (non-hydrogen) atoms. The van der Waals surface area contributed by atoms with Crippen LogP contribution in [0.1, 0.15) is 71.8 Å². The molecule has 1 aliphatic rings. The predicted molar refractivity (Wildman–Crippen MR) is 157 cm³/mol. The summed E-state index contributed by atoms with van der Waals surface area (Å²) in [5, 5.41) is 0.966. The monoisotopic (exact) mass is 550 g/mol. The SMILES string of the molecule is CCCCOC(=O)N(Cc1ccccc1)c1nc(N2CCCCC2CCOC(=O)OC(C)(C)C)cc2cc[nH]c12. The van der Waals surface area contributed by atoms with Gasteiger partial charge in [0.25, 0.3) is 0 Å². The zero-order valence-corrected chi connectivity index (χ0v) is 24.2. The van der Waals surface area contributed by atoms with E-state index in [4.69, 9.17) is 19.2 Å². The fraction of sp³-hybridized carbons (Fsp3) is 0.516. The number of carbonyl (C=O) groups excluding carboxylic acids is 2. The number of piperidine rings is 1. The van der Waals surface area contributed by atoms with Gasteiger partial charge in [0.15, 0.2) is 5.82 Å². The minimum atomic E-state index is -0.651. The van der Waals surface area contributed by atoms with Crippen LogP contribution in [0.4, 0.5) is 21.2 Å². The van der Waals surface area contributed by atoms with Crippen LogP contribution in [0.5, 0.6) is 0 Å². The van der Waals surface area contributed by atoms with Crippen molar-refractivity contribution in [1.82, 2.24) is 9.97 Å². The summed E-state index contributed by atoms with van der Waals surface area (Å²) in [6, 6.07) is 14.1. The summed E-state index contributed by atoms with van der Waals surface area (Å²) < 4.78 is 16.3. The molecule has 1 N–H and O–H groups in total. The Kier molecular flexibility index (Phi) is 9.90. The average Bonchev–Trinajstić information content (AvgIpc) is 3.40. The Hall–Kier alpha value is -3.75. The van der Waals surface area contributed by atoms with E-state index in [0.717, 1.165) is 60.9 Å². The van der Waals surface area contributed by atoms with Crippen LogP contribution in [0, 0.1) is 0 Å². The highest BCUT2D eigenvalue weighted by atomic mass is 16.7. The first-order chi connectivity index (χ1) is 19.2. The lowest BCUT2D eigenvalue weighted by molar-refractivity contribution is -0.00832. The van der Waals surface area contributed by atoms with Crippen LogP contribution >= 0.6 is 0 Å². The van der Waals surface area contributed by atoms with Gasteiger partial charge in [-0.2, -0.15) is 0 Å². The lowest BCUT2D eigenvalue weighted by atomic mass is 9.99. The van der Waals surface area contributed by atoms with Crippen LogP contribution in [0.15, 0.2) is 48.7 Å². The van der Waals surface area contributed by atoms with Crippen molar-refractivity contribution in [3.05, 3.63) is 54.2 Å². The second-order valence-corrected chi connectivity index (χ2v) is 11.2. The number of amides is 1. The van der Waals surface area contributed by atoms with E-state index < -0.39 is 17.8 Å². The van der Waals surface area contributed by atoms with Crippen molar-refractivity contribution >= 4 is 34.8 Å². The zero-order chi connectivity index (χ0) is 28.5. The number of benzene rings is 1. The van der Waals surface area contributed by atoms with Crippen molar-refractivity contribution in [2.45, 2.75) is 84.4 Å². The van der Waals surface area contributed by atoms with Gasteiger partial charge in [-0.1, -0.05) is 43.7 Å². The molecular weight excluding hydrogens is 508 g/mol. The summed E-state index contributed by atoms with van der Waals surface area (Å²) in [4.78, 5) is 37.7. The molecule has 1 atom stereocenters. The number of nitrogens with zero attached hydrogens (tertiary/aromatic N) is 3. The third-order valence-electron chi connectivity index (χ3n) is 6.87. The molecule has 1 fully saturated rings. The Morgan fingerprint density at radius 1 is 1.10 bits per heavy atom. The molecule has 0 aliphatic carbocycles. The highest BCUT2D eigenvalue weighted by Gasteiger charge is 2.28. The van der Waals surface area contributed by atoms with Crippen LogP contribution in [0.2, 0.25) is 0 Å². The minimum Gasteiger partial charge on any atom is -0.449 e. The quantitative estimate of drug-likeness (QED) is 0.210. The average molecular weight is 551 g/mol. The first kappa shape index (κ1) is 29.2. The smallest absolute Gasteiger partial charge is 0.449 e. The normalized spacial score (nSPS) is 15.6. The van der Waals surface area contributed by atoms with Crippen molar-refractivity contribution in [3.63, 3.8) is 0 Å². The van der Waals surface area contributed by atoms with E-state index in [1.54, 1.807) is 4.90 Å². The van der Waals surface area contributed by atoms with Gasteiger partial charge < -0.3 is 24.1 Å². The van der Waals surface area contributed by atoms with Crippen molar-refractivity contribution in [3.8, 4) is 0 Å². The Morgan fingerprint density at radius 3 is 2.65 bits per heavy atom. The highest BCUT2D eigenvalue weighted by Crippen LogP contribution is 2.33. The fourth-order valence-electron chi connectivity index (χ4n) is 4.91. The van der Waals surface area contributed by atoms with Gasteiger partial charge >= 0.3 is 12.2 Å². The van der Waals surface area contributed by atoms with E-state index in [0.29, 0.717) is 25.4 Å². The molecule has 0 radical (unpaired) electrons. The van der Waals surface area contributed by atoms with Gasteiger partial charge in [-0.25, -0.2) is 14.6 Å². The van der Waals surface area contributed by atoms with Crippen LogP contribution < -0.4 is 9.80 Å². The van der Waals surface area contributed by atoms with E-state index in [2.05, 4.69) is 22.9 Å². The van der Waals surface area contributed by atoms with Gasteiger partial charge in [0.1, 0.15) is 11.4 Å². The predicted octanol–water partition coefficient (Wildman–Crippen LogP) is 7.21. The fourth-order valence-corrected chi connectivity index (χ4v) is 4.91. The first-order valence-corrected chi connectivity index (χ1v) is 14.3. The van der Waals surface area contributed by atoms with Gasteiger partial charge in [-0.05, 0) is 64.2 Å². The number of aromatic nitrogens is 2. The number of aromatic amines is 1. The van der Waals surface area contributed by atoms with Gasteiger partial charge in [0.05, 0.1) is 25.3 Å². The number of unbranched alkanes of at least 4 members (excludes halogenated alkanes) is 1. The molecule has 1 aromatic carbocycles. The van der Waals surface area contributed by atoms with Crippen LogP contribution in [-0.2, 0) is 20.8 Å². The molecule has 0 saturated carbocycles. The number of ether oxygens (including phenoxy) is 3. The third kappa shape index (κ3) is 7.90. The Morgan fingerprint density at radius 2 is 1.90 bits per heavy atom. The van der Waals surface area contributed by atoms with E-state index in [1.807, 2.05) is 63.4 Å². The summed E-state index contributed by atoms with van der Waals surface area (Å²) in [5.74, 6) is 1.33. The number of rotatable bonds is 10. The Balaban J connectivity index is 1.60. The molecule has 9 nitrogen and oxygen atoms in total. The largest absolute Gasteiger partial charge is 0.508 e. The maximum absolute atomic E-state index is 13.4. The van der Waals surface area contributed by atoms with Crippen molar-refractivity contribution in [1.29, 1.82) is 0 Å². The van der Waals surface area contributed by atoms with Gasteiger partial charge in [-0.15, -0.1) is 0 Å². The standard InChI is InChI=1S/C31H42N4O5/c1-5-6-19-38-29(36)35(22-23-12-8-7-9-13-23)28-27-24(15-17-32-27)21-26(33-28)34-18-11-10-14-25(34)16-20-39-30(37)40-31(2,3)4/h7-9,12-13,15,17,21,25,32H,5-6,10-11,14,16,18-20,22H2,1-4H3. The molecule has 1 aliphatic heterocycles. The van der Waals surface area contributed by atoms with Crippen molar-refractivity contribution in [2.75, 3.05) is 29.6 Å². The zero-order valence-electron chi connectivity index (χ0n) is 24.2. The second kappa shape index (κ2) is 13.5. The lowest BCUT2D eigenvalue weighted by Crippen LogP contribution is -2.41. The number of hydrogen-bond acceptors (Lipinski definition) is 7. The molecule has 1 unspecified atom stereocenters.